The van der Waals surface area contributed by atoms with Gasteiger partial charge in [0.25, 0.3) is 0 Å². The van der Waals surface area contributed by atoms with Crippen LogP contribution < -0.4 is 4.74 Å². The fourth-order valence-electron chi connectivity index (χ4n) is 1.04. The second-order valence-corrected chi connectivity index (χ2v) is 2.64. The second-order valence-electron chi connectivity index (χ2n) is 2.64. The van der Waals surface area contributed by atoms with Crippen LogP contribution in [-0.4, -0.2) is 29.0 Å². The van der Waals surface area contributed by atoms with Crippen LogP contribution in [0.1, 0.15) is 24.3 Å². The van der Waals surface area contributed by atoms with E-state index in [4.69, 9.17) is 9.47 Å². The maximum atomic E-state index is 11.3. The largest absolute Gasteiger partial charge is 0.478 e. The van der Waals surface area contributed by atoms with Crippen molar-refractivity contribution < 1.29 is 14.3 Å². The molecule has 0 saturated carbocycles. The van der Waals surface area contributed by atoms with Gasteiger partial charge in [0.2, 0.25) is 5.88 Å². The Morgan fingerprint density at radius 2 is 2.21 bits per heavy atom. The molecule has 0 radical (unpaired) electrons. The number of esters is 1. The number of aryl methyl sites for hydroxylation is 1. The molecule has 0 fully saturated rings. The Bertz CT molecular complexity index is 320. The Morgan fingerprint density at radius 1 is 1.50 bits per heavy atom. The SMILES string of the molecule is CCOC(=O)c1cc(OCC)n(C)n1. The van der Waals surface area contributed by atoms with Crippen LogP contribution in [0.3, 0.4) is 0 Å². The van der Waals surface area contributed by atoms with Crippen LogP contribution in [0.2, 0.25) is 0 Å². The molecule has 0 N–H and O–H groups in total. The van der Waals surface area contributed by atoms with Gasteiger partial charge in [0.15, 0.2) is 5.69 Å². The molecule has 5 heteroatoms. The molecule has 78 valence electrons. The Labute approximate surface area is 82.6 Å². The molecule has 1 aromatic heterocycles. The predicted octanol–water partition coefficient (Wildman–Crippen LogP) is 0.996. The number of rotatable bonds is 4. The van der Waals surface area contributed by atoms with Crippen molar-refractivity contribution in [2.24, 2.45) is 7.05 Å². The zero-order chi connectivity index (χ0) is 10.6. The molecule has 0 amide bonds. The molecule has 14 heavy (non-hydrogen) atoms. The Kier molecular flexibility index (Phi) is 3.50. The van der Waals surface area contributed by atoms with Gasteiger partial charge in [-0.25, -0.2) is 9.48 Å². The van der Waals surface area contributed by atoms with Crippen molar-refractivity contribution in [3.8, 4) is 5.88 Å². The number of hydrogen-bond acceptors (Lipinski definition) is 4. The molecule has 1 aromatic rings. The lowest BCUT2D eigenvalue weighted by atomic mass is 10.4. The van der Waals surface area contributed by atoms with Crippen LogP contribution in [-0.2, 0) is 11.8 Å². The van der Waals surface area contributed by atoms with E-state index in [2.05, 4.69) is 5.10 Å². The third kappa shape index (κ3) is 2.25. The van der Waals surface area contributed by atoms with E-state index in [1.54, 1.807) is 20.0 Å². The third-order valence-corrected chi connectivity index (χ3v) is 1.61. The molecule has 1 rings (SSSR count). The van der Waals surface area contributed by atoms with Gasteiger partial charge in [0.1, 0.15) is 0 Å². The van der Waals surface area contributed by atoms with Crippen LogP contribution in [0.5, 0.6) is 5.88 Å². The van der Waals surface area contributed by atoms with Crippen molar-refractivity contribution in [2.45, 2.75) is 13.8 Å². The summed E-state index contributed by atoms with van der Waals surface area (Å²) < 4.78 is 11.6. The summed E-state index contributed by atoms with van der Waals surface area (Å²) in [6.07, 6.45) is 0. The molecular formula is C9H14N2O3. The molecule has 0 unspecified atom stereocenters. The van der Waals surface area contributed by atoms with Gasteiger partial charge in [-0.15, -0.1) is 0 Å². The highest BCUT2D eigenvalue weighted by atomic mass is 16.5. The lowest BCUT2D eigenvalue weighted by Crippen LogP contribution is -2.06. The number of nitrogens with zero attached hydrogens (tertiary/aromatic N) is 2. The van der Waals surface area contributed by atoms with Gasteiger partial charge in [-0.05, 0) is 13.8 Å². The maximum absolute atomic E-state index is 11.3. The average Bonchev–Trinajstić information content (AvgIpc) is 2.49. The fraction of sp³-hybridized carbons (Fsp3) is 0.556. The molecular weight excluding hydrogens is 184 g/mol. The predicted molar refractivity (Wildman–Crippen MR) is 50.3 cm³/mol. The van der Waals surface area contributed by atoms with E-state index in [9.17, 15) is 4.79 Å². The van der Waals surface area contributed by atoms with E-state index in [0.717, 1.165) is 0 Å². The van der Waals surface area contributed by atoms with Gasteiger partial charge in [0, 0.05) is 13.1 Å². The summed E-state index contributed by atoms with van der Waals surface area (Å²) in [5.74, 6) is 0.143. The molecule has 0 aromatic carbocycles. The minimum Gasteiger partial charge on any atom is -0.478 e. The summed E-state index contributed by atoms with van der Waals surface area (Å²) >= 11 is 0. The molecule has 0 bridgehead atoms. The van der Waals surface area contributed by atoms with E-state index in [-0.39, 0.29) is 5.69 Å². The number of hydrogen-bond donors (Lipinski definition) is 0. The number of aromatic nitrogens is 2. The first kappa shape index (κ1) is 10.6. The van der Waals surface area contributed by atoms with Gasteiger partial charge in [-0.1, -0.05) is 0 Å². The van der Waals surface area contributed by atoms with Crippen LogP contribution in [0.25, 0.3) is 0 Å². The summed E-state index contributed by atoms with van der Waals surface area (Å²) in [5.41, 5.74) is 0.276. The minimum absolute atomic E-state index is 0.276. The highest BCUT2D eigenvalue weighted by molar-refractivity contribution is 5.87. The van der Waals surface area contributed by atoms with Crippen molar-refractivity contribution >= 4 is 5.97 Å². The van der Waals surface area contributed by atoms with Gasteiger partial charge < -0.3 is 9.47 Å². The maximum Gasteiger partial charge on any atom is 0.358 e. The van der Waals surface area contributed by atoms with Gasteiger partial charge >= 0.3 is 5.97 Å². The second kappa shape index (κ2) is 4.64. The Morgan fingerprint density at radius 3 is 2.79 bits per heavy atom. The zero-order valence-corrected chi connectivity index (χ0v) is 8.61. The molecule has 0 spiro atoms. The van der Waals surface area contributed by atoms with Crippen molar-refractivity contribution in [2.75, 3.05) is 13.2 Å². The number of carbonyl (C=O) groups is 1. The number of carbonyl (C=O) groups excluding carboxylic acids is 1. The molecule has 0 saturated heterocycles. The topological polar surface area (TPSA) is 53.4 Å². The van der Waals surface area contributed by atoms with Crippen molar-refractivity contribution in [1.82, 2.24) is 9.78 Å². The normalized spacial score (nSPS) is 9.93. The van der Waals surface area contributed by atoms with Gasteiger partial charge in [-0.3, -0.25) is 0 Å². The monoisotopic (exact) mass is 198 g/mol. The molecule has 5 nitrogen and oxygen atoms in total. The standard InChI is InChI=1S/C9H14N2O3/c1-4-13-8-6-7(10-11(8)3)9(12)14-5-2/h6H,4-5H2,1-3H3. The van der Waals surface area contributed by atoms with E-state index in [1.165, 1.54) is 4.68 Å². The van der Waals surface area contributed by atoms with Crippen molar-refractivity contribution in [3.05, 3.63) is 11.8 Å². The van der Waals surface area contributed by atoms with E-state index in [1.807, 2.05) is 6.92 Å². The smallest absolute Gasteiger partial charge is 0.358 e. The highest BCUT2D eigenvalue weighted by Gasteiger charge is 2.13. The van der Waals surface area contributed by atoms with Crippen LogP contribution >= 0.6 is 0 Å². The molecule has 1 heterocycles. The van der Waals surface area contributed by atoms with Crippen LogP contribution in [0.15, 0.2) is 6.07 Å². The summed E-state index contributed by atoms with van der Waals surface area (Å²) in [5, 5.41) is 3.96. The summed E-state index contributed by atoms with van der Waals surface area (Å²) in [7, 11) is 1.72. The van der Waals surface area contributed by atoms with Crippen LogP contribution in [0.4, 0.5) is 0 Å². The summed E-state index contributed by atoms with van der Waals surface area (Å²) in [4.78, 5) is 11.3. The Hall–Kier alpha value is -1.52. The van der Waals surface area contributed by atoms with Crippen molar-refractivity contribution in [1.29, 1.82) is 0 Å². The van der Waals surface area contributed by atoms with E-state index >= 15 is 0 Å². The van der Waals surface area contributed by atoms with E-state index in [0.29, 0.717) is 19.1 Å². The lowest BCUT2D eigenvalue weighted by molar-refractivity contribution is 0.0518. The first-order valence-corrected chi connectivity index (χ1v) is 4.53. The third-order valence-electron chi connectivity index (χ3n) is 1.61. The fourth-order valence-corrected chi connectivity index (χ4v) is 1.04. The minimum atomic E-state index is -0.422. The first-order valence-electron chi connectivity index (χ1n) is 4.53. The van der Waals surface area contributed by atoms with Crippen LogP contribution in [0, 0.1) is 0 Å². The van der Waals surface area contributed by atoms with Gasteiger partial charge in [-0.2, -0.15) is 5.10 Å². The molecule has 0 aliphatic heterocycles. The highest BCUT2D eigenvalue weighted by Crippen LogP contribution is 2.12. The molecule has 0 aliphatic rings. The average molecular weight is 198 g/mol. The lowest BCUT2D eigenvalue weighted by Gasteiger charge is -1.99. The van der Waals surface area contributed by atoms with E-state index < -0.39 is 5.97 Å². The molecule has 0 aliphatic carbocycles. The Balaban J connectivity index is 2.79. The summed E-state index contributed by atoms with van der Waals surface area (Å²) in [6.45, 7) is 4.52. The number of ether oxygens (including phenoxy) is 2. The summed E-state index contributed by atoms with van der Waals surface area (Å²) in [6, 6.07) is 1.57. The first-order chi connectivity index (χ1) is 6.69. The molecule has 0 atom stereocenters. The van der Waals surface area contributed by atoms with Gasteiger partial charge in [0.05, 0.1) is 13.2 Å². The van der Waals surface area contributed by atoms with Crippen molar-refractivity contribution in [3.63, 3.8) is 0 Å². The zero-order valence-electron chi connectivity index (χ0n) is 8.61. The quantitative estimate of drug-likeness (QED) is 0.677.